The first kappa shape index (κ1) is 34.9. The molecule has 12 nitrogen and oxygen atoms in total. The fraction of sp³-hybridized carbons (Fsp3) is 0.724. The first-order valence-corrected chi connectivity index (χ1v) is 17.2. The van der Waals surface area contributed by atoms with Gasteiger partial charge in [0.25, 0.3) is 5.91 Å². The van der Waals surface area contributed by atoms with E-state index in [0.717, 1.165) is 12.2 Å². The normalized spacial score (nSPS) is 27.3. The van der Waals surface area contributed by atoms with Gasteiger partial charge in [-0.05, 0) is 70.8 Å². The molecule has 0 radical (unpaired) electrons. The zero-order valence-electron chi connectivity index (χ0n) is 25.7. The van der Waals surface area contributed by atoms with Gasteiger partial charge in [-0.25, -0.2) is 13.2 Å². The Hall–Kier alpha value is -2.58. The molecule has 1 saturated heterocycles. The summed E-state index contributed by atoms with van der Waals surface area (Å²) in [5, 5.41) is 15.9. The molecular weight excluding hydrogens is 596 g/mol. The van der Waals surface area contributed by atoms with Crippen molar-refractivity contribution in [1.29, 1.82) is 0 Å². The van der Waals surface area contributed by atoms with Crippen LogP contribution >= 0.6 is 11.8 Å². The summed E-state index contributed by atoms with van der Waals surface area (Å²) < 4.78 is 32.0. The van der Waals surface area contributed by atoms with E-state index in [9.17, 15) is 32.7 Å². The van der Waals surface area contributed by atoms with Gasteiger partial charge < -0.3 is 25.4 Å². The Kier molecular flexibility index (Phi) is 10.7. The number of hydrogen-bond donors (Lipinski definition) is 4. The SMILES string of the molecule is C=CCCSC[C@@H](C)[C@H](NC(=O)OC(C)(C)C)C(=O)N1C[C@H](O)C[C@H]1C(=O)N[C@]1(C(=O)NS(=O)(=O)C2(C)CC2)C[C@H]1C=C. The van der Waals surface area contributed by atoms with E-state index in [0.29, 0.717) is 18.6 Å². The van der Waals surface area contributed by atoms with E-state index in [1.165, 1.54) is 11.0 Å². The molecule has 0 aromatic carbocycles. The molecule has 0 aromatic heterocycles. The highest BCUT2D eigenvalue weighted by Gasteiger charge is 2.63. The number of hydrogen-bond acceptors (Lipinski definition) is 9. The van der Waals surface area contributed by atoms with Gasteiger partial charge in [0.15, 0.2) is 0 Å². The summed E-state index contributed by atoms with van der Waals surface area (Å²) >= 11 is 1.59. The number of rotatable bonds is 14. The van der Waals surface area contributed by atoms with E-state index in [1.807, 2.05) is 0 Å². The first-order chi connectivity index (χ1) is 19.9. The summed E-state index contributed by atoms with van der Waals surface area (Å²) in [6, 6.07) is -2.21. The number of aliphatic hydroxyl groups is 1. The van der Waals surface area contributed by atoms with Crippen LogP contribution in [0.25, 0.3) is 0 Å². The molecule has 4 N–H and O–H groups in total. The van der Waals surface area contributed by atoms with Crippen LogP contribution in [0, 0.1) is 11.8 Å². The molecule has 3 aliphatic rings. The summed E-state index contributed by atoms with van der Waals surface area (Å²) in [6.07, 6.45) is 3.15. The summed E-state index contributed by atoms with van der Waals surface area (Å²) in [6.45, 7) is 15.7. The molecule has 0 unspecified atom stereocenters. The van der Waals surface area contributed by atoms with Crippen molar-refractivity contribution in [1.82, 2.24) is 20.3 Å². The topological polar surface area (TPSA) is 171 Å². The molecule has 3 fully saturated rings. The Morgan fingerprint density at radius 2 is 1.86 bits per heavy atom. The number of nitrogens with zero attached hydrogens (tertiary/aromatic N) is 1. The number of alkyl carbamates (subject to hydrolysis) is 1. The van der Waals surface area contributed by atoms with Crippen molar-refractivity contribution in [3.8, 4) is 0 Å². The molecule has 1 aliphatic heterocycles. The lowest BCUT2D eigenvalue weighted by atomic mass is 10.0. The number of carbonyl (C=O) groups is 4. The summed E-state index contributed by atoms with van der Waals surface area (Å²) in [7, 11) is -3.95. The number of β-amino-alcohol motifs (C(OH)–C–C–N with tert-alkyl or cyclic N) is 1. The van der Waals surface area contributed by atoms with Crippen LogP contribution in [0.2, 0.25) is 0 Å². The predicted molar refractivity (Wildman–Crippen MR) is 164 cm³/mol. The second-order valence-electron chi connectivity index (χ2n) is 13.0. The number of nitrogens with one attached hydrogen (secondary N) is 3. The highest BCUT2D eigenvalue weighted by atomic mass is 32.2. The fourth-order valence-electron chi connectivity index (χ4n) is 5.02. The van der Waals surface area contributed by atoms with Crippen molar-refractivity contribution in [3.63, 3.8) is 0 Å². The maximum atomic E-state index is 13.9. The highest BCUT2D eigenvalue weighted by molar-refractivity contribution is 7.99. The van der Waals surface area contributed by atoms with Crippen molar-refractivity contribution in [3.05, 3.63) is 25.3 Å². The monoisotopic (exact) mass is 642 g/mol. The average molecular weight is 643 g/mol. The van der Waals surface area contributed by atoms with Crippen molar-refractivity contribution in [2.45, 2.75) is 101 Å². The number of allylic oxidation sites excluding steroid dienone is 1. The van der Waals surface area contributed by atoms with Crippen LogP contribution < -0.4 is 15.4 Å². The summed E-state index contributed by atoms with van der Waals surface area (Å²) in [5.74, 6) is -1.71. The average Bonchev–Trinajstić information content (AvgIpc) is 3.79. The number of thioether (sulfide) groups is 1. The molecule has 1 heterocycles. The third kappa shape index (κ3) is 8.33. The van der Waals surface area contributed by atoms with Crippen LogP contribution in [-0.4, -0.2) is 94.4 Å². The van der Waals surface area contributed by atoms with E-state index in [2.05, 4.69) is 28.5 Å². The van der Waals surface area contributed by atoms with E-state index in [1.54, 1.807) is 52.5 Å². The van der Waals surface area contributed by atoms with Gasteiger partial charge in [0.1, 0.15) is 23.2 Å². The Morgan fingerprint density at radius 1 is 1.21 bits per heavy atom. The van der Waals surface area contributed by atoms with Crippen LogP contribution in [-0.2, 0) is 29.1 Å². The zero-order valence-corrected chi connectivity index (χ0v) is 27.3. The van der Waals surface area contributed by atoms with E-state index in [-0.39, 0.29) is 25.3 Å². The van der Waals surface area contributed by atoms with Gasteiger partial charge >= 0.3 is 6.09 Å². The quantitative estimate of drug-likeness (QED) is 0.163. The van der Waals surface area contributed by atoms with Crippen LogP contribution in [0.15, 0.2) is 25.3 Å². The number of likely N-dealkylation sites (tertiary alicyclic amines) is 1. The van der Waals surface area contributed by atoms with Gasteiger partial charge in [-0.1, -0.05) is 19.1 Å². The zero-order chi connectivity index (χ0) is 32.4. The molecule has 43 heavy (non-hydrogen) atoms. The minimum atomic E-state index is -3.95. The number of ether oxygens (including phenoxy) is 1. The van der Waals surface area contributed by atoms with Crippen molar-refractivity contribution in [2.24, 2.45) is 11.8 Å². The minimum absolute atomic E-state index is 0.0912. The molecule has 2 saturated carbocycles. The highest BCUT2D eigenvalue weighted by Crippen LogP contribution is 2.47. The molecule has 0 aromatic rings. The van der Waals surface area contributed by atoms with Crippen molar-refractivity contribution < 1.29 is 37.4 Å². The molecule has 6 atom stereocenters. The van der Waals surface area contributed by atoms with Gasteiger partial charge in [-0.15, -0.1) is 13.2 Å². The molecule has 0 bridgehead atoms. The number of amides is 4. The van der Waals surface area contributed by atoms with Crippen LogP contribution in [0.5, 0.6) is 0 Å². The standard InChI is InChI=1S/C29H46N4O8S2/c1-8-10-13-42-17-18(3)22(30-26(38)41-27(4,5)6)24(36)33-16-20(34)14-21(33)23(35)31-29(15-19(29)9-2)25(37)32-43(39,40)28(7)11-12-28/h8-9,18-22,34H,1-2,10-17H2,3-7H3,(H,30,38)(H,31,35)(H,32,37)/t18-,19-,20-,21+,22+,29-/m1/s1. The van der Waals surface area contributed by atoms with Gasteiger partial charge in [-0.2, -0.15) is 11.8 Å². The first-order valence-electron chi connectivity index (χ1n) is 14.6. The molecule has 0 spiro atoms. The lowest BCUT2D eigenvalue weighted by molar-refractivity contribution is -0.141. The van der Waals surface area contributed by atoms with Crippen LogP contribution in [0.4, 0.5) is 4.79 Å². The van der Waals surface area contributed by atoms with Gasteiger partial charge in [0.2, 0.25) is 21.8 Å². The minimum Gasteiger partial charge on any atom is -0.444 e. The van der Waals surface area contributed by atoms with Gasteiger partial charge in [-0.3, -0.25) is 19.1 Å². The summed E-state index contributed by atoms with van der Waals surface area (Å²) in [4.78, 5) is 54.8. The second kappa shape index (κ2) is 13.2. The lowest BCUT2D eigenvalue weighted by Gasteiger charge is -2.32. The Bertz CT molecular complexity index is 1230. The van der Waals surface area contributed by atoms with Crippen LogP contribution in [0.1, 0.15) is 66.7 Å². The third-order valence-electron chi connectivity index (χ3n) is 8.10. The largest absolute Gasteiger partial charge is 0.444 e. The molecule has 2 aliphatic carbocycles. The smallest absolute Gasteiger partial charge is 0.408 e. The number of sulfonamides is 1. The van der Waals surface area contributed by atoms with Crippen molar-refractivity contribution in [2.75, 3.05) is 18.1 Å². The van der Waals surface area contributed by atoms with Crippen molar-refractivity contribution >= 4 is 45.6 Å². The Balaban J connectivity index is 1.79. The fourth-order valence-corrected chi connectivity index (χ4v) is 7.39. The summed E-state index contributed by atoms with van der Waals surface area (Å²) in [5.41, 5.74) is -2.35. The maximum absolute atomic E-state index is 13.9. The van der Waals surface area contributed by atoms with Gasteiger partial charge in [0.05, 0.1) is 10.9 Å². The molecule has 3 rings (SSSR count). The Labute approximate surface area is 258 Å². The molecular formula is C29H46N4O8S2. The second-order valence-corrected chi connectivity index (χ2v) is 16.4. The maximum Gasteiger partial charge on any atom is 0.408 e. The number of aliphatic hydroxyl groups excluding tert-OH is 1. The molecule has 242 valence electrons. The third-order valence-corrected chi connectivity index (χ3v) is 11.5. The Morgan fingerprint density at radius 3 is 2.40 bits per heavy atom. The van der Waals surface area contributed by atoms with Gasteiger partial charge in [0, 0.05) is 18.9 Å². The lowest BCUT2D eigenvalue weighted by Crippen LogP contribution is -2.59. The van der Waals surface area contributed by atoms with Crippen LogP contribution in [0.3, 0.4) is 0 Å². The molecule has 14 heteroatoms. The molecule has 4 amide bonds. The van der Waals surface area contributed by atoms with E-state index >= 15 is 0 Å². The van der Waals surface area contributed by atoms with E-state index < -0.39 is 73.8 Å². The predicted octanol–water partition coefficient (Wildman–Crippen LogP) is 1.85. The number of carbonyl (C=O) groups excluding carboxylic acids is 4. The van der Waals surface area contributed by atoms with E-state index in [4.69, 9.17) is 4.74 Å².